The molecule has 4 heteroatoms. The predicted octanol–water partition coefficient (Wildman–Crippen LogP) is 2.81. The Morgan fingerprint density at radius 1 is 0.944 bits per heavy atom. The van der Waals surface area contributed by atoms with Gasteiger partial charge in [-0.1, -0.05) is 39.5 Å². The van der Waals surface area contributed by atoms with Crippen molar-refractivity contribution in [3.63, 3.8) is 0 Å². The number of hydrogen-bond donors (Lipinski definition) is 1. The van der Waals surface area contributed by atoms with Crippen LogP contribution in [0.4, 0.5) is 0 Å². The van der Waals surface area contributed by atoms with Crippen LogP contribution in [0.3, 0.4) is 0 Å². The summed E-state index contributed by atoms with van der Waals surface area (Å²) in [4.78, 5) is 22.5. The van der Waals surface area contributed by atoms with Crippen LogP contribution < -0.4 is 5.32 Å². The maximum Gasteiger partial charge on any atom is 0.306 e. The molecule has 0 aliphatic rings. The van der Waals surface area contributed by atoms with Crippen LogP contribution in [0.2, 0.25) is 0 Å². The smallest absolute Gasteiger partial charge is 0.306 e. The Bertz CT molecular complexity index is 229. The molecule has 0 unspecified atom stereocenters. The third kappa shape index (κ3) is 11.4. The van der Waals surface area contributed by atoms with Crippen LogP contribution in [-0.2, 0) is 14.3 Å². The molecule has 1 N–H and O–H groups in total. The van der Waals surface area contributed by atoms with Crippen LogP contribution in [0.15, 0.2) is 0 Å². The van der Waals surface area contributed by atoms with Gasteiger partial charge in [0.15, 0.2) is 0 Å². The van der Waals surface area contributed by atoms with Gasteiger partial charge < -0.3 is 10.1 Å². The second kappa shape index (κ2) is 12.4. The third-order valence-electron chi connectivity index (χ3n) is 2.63. The normalized spacial score (nSPS) is 10.1. The summed E-state index contributed by atoms with van der Waals surface area (Å²) in [5.41, 5.74) is 0. The first-order valence-electron chi connectivity index (χ1n) is 7.13. The maximum absolute atomic E-state index is 11.4. The Labute approximate surface area is 110 Å². The number of nitrogens with one attached hydrogen (secondary N) is 1. The van der Waals surface area contributed by atoms with Gasteiger partial charge in [-0.25, -0.2) is 0 Å². The summed E-state index contributed by atoms with van der Waals surface area (Å²) < 4.78 is 4.89. The van der Waals surface area contributed by atoms with Gasteiger partial charge >= 0.3 is 5.97 Å². The summed E-state index contributed by atoms with van der Waals surface area (Å²) >= 11 is 0. The van der Waals surface area contributed by atoms with Gasteiger partial charge in [-0.2, -0.15) is 0 Å². The standard InChI is InChI=1S/C14H27NO3/c1-3-5-6-7-8-11-15-13(16)9-10-14(17)18-12-4-2/h3-12H2,1-2H3,(H,15,16). The van der Waals surface area contributed by atoms with Gasteiger partial charge in [-0.15, -0.1) is 0 Å². The Balaban J connectivity index is 3.34. The van der Waals surface area contributed by atoms with E-state index in [4.69, 9.17) is 4.74 Å². The molecule has 18 heavy (non-hydrogen) atoms. The zero-order chi connectivity index (χ0) is 13.6. The van der Waals surface area contributed by atoms with Crippen molar-refractivity contribution < 1.29 is 14.3 Å². The van der Waals surface area contributed by atoms with Gasteiger partial charge in [-0.05, 0) is 12.8 Å². The molecule has 4 nitrogen and oxygen atoms in total. The minimum absolute atomic E-state index is 0.0565. The highest BCUT2D eigenvalue weighted by Gasteiger charge is 2.06. The number of unbranched alkanes of at least 4 members (excludes halogenated alkanes) is 4. The summed E-state index contributed by atoms with van der Waals surface area (Å²) in [5.74, 6) is -0.339. The van der Waals surface area contributed by atoms with E-state index in [1.165, 1.54) is 19.3 Å². The molecule has 0 saturated carbocycles. The highest BCUT2D eigenvalue weighted by atomic mass is 16.5. The number of amides is 1. The molecule has 0 aliphatic heterocycles. The number of esters is 1. The quantitative estimate of drug-likeness (QED) is 0.457. The molecule has 0 spiro atoms. The topological polar surface area (TPSA) is 55.4 Å². The van der Waals surface area contributed by atoms with E-state index in [0.717, 1.165) is 19.3 Å². The molecule has 0 heterocycles. The van der Waals surface area contributed by atoms with Gasteiger partial charge in [0.2, 0.25) is 5.91 Å². The summed E-state index contributed by atoms with van der Waals surface area (Å²) in [6.07, 6.45) is 7.13. The Morgan fingerprint density at radius 3 is 2.33 bits per heavy atom. The molecular formula is C14H27NO3. The molecular weight excluding hydrogens is 230 g/mol. The van der Waals surface area contributed by atoms with Crippen LogP contribution in [-0.4, -0.2) is 25.0 Å². The van der Waals surface area contributed by atoms with Crippen LogP contribution in [0, 0.1) is 0 Å². The van der Waals surface area contributed by atoms with E-state index in [9.17, 15) is 9.59 Å². The first kappa shape index (κ1) is 16.9. The summed E-state index contributed by atoms with van der Waals surface area (Å²) in [7, 11) is 0. The van der Waals surface area contributed by atoms with Crippen molar-refractivity contribution in [1.82, 2.24) is 5.32 Å². The van der Waals surface area contributed by atoms with E-state index >= 15 is 0 Å². The van der Waals surface area contributed by atoms with Crippen molar-refractivity contribution in [3.8, 4) is 0 Å². The number of carbonyl (C=O) groups excluding carboxylic acids is 2. The molecule has 0 aliphatic carbocycles. The largest absolute Gasteiger partial charge is 0.466 e. The average molecular weight is 257 g/mol. The molecule has 0 atom stereocenters. The van der Waals surface area contributed by atoms with Crippen molar-refractivity contribution in [2.24, 2.45) is 0 Å². The van der Waals surface area contributed by atoms with E-state index in [1.807, 2.05) is 6.92 Å². The molecule has 0 radical (unpaired) electrons. The predicted molar refractivity (Wildman–Crippen MR) is 72.3 cm³/mol. The highest BCUT2D eigenvalue weighted by Crippen LogP contribution is 2.01. The average Bonchev–Trinajstić information content (AvgIpc) is 2.38. The van der Waals surface area contributed by atoms with Gasteiger partial charge in [0, 0.05) is 13.0 Å². The lowest BCUT2D eigenvalue weighted by atomic mass is 10.1. The molecule has 106 valence electrons. The minimum atomic E-state index is -0.282. The molecule has 0 aromatic heterocycles. The van der Waals surface area contributed by atoms with Gasteiger partial charge in [0.05, 0.1) is 13.0 Å². The number of hydrogen-bond acceptors (Lipinski definition) is 3. The monoisotopic (exact) mass is 257 g/mol. The summed E-state index contributed by atoms with van der Waals surface area (Å²) in [6.45, 7) is 5.28. The molecule has 0 saturated heterocycles. The fraction of sp³-hybridized carbons (Fsp3) is 0.857. The van der Waals surface area contributed by atoms with Gasteiger partial charge in [0.25, 0.3) is 0 Å². The van der Waals surface area contributed by atoms with Crippen molar-refractivity contribution in [2.45, 2.75) is 65.2 Å². The zero-order valence-corrected chi connectivity index (χ0v) is 11.8. The highest BCUT2D eigenvalue weighted by molar-refractivity contribution is 5.81. The molecule has 0 rings (SSSR count). The van der Waals surface area contributed by atoms with Crippen molar-refractivity contribution in [3.05, 3.63) is 0 Å². The molecule has 0 bridgehead atoms. The van der Waals surface area contributed by atoms with Gasteiger partial charge in [-0.3, -0.25) is 9.59 Å². The van der Waals surface area contributed by atoms with E-state index < -0.39 is 0 Å². The van der Waals surface area contributed by atoms with Crippen LogP contribution >= 0.6 is 0 Å². The van der Waals surface area contributed by atoms with E-state index in [0.29, 0.717) is 13.2 Å². The van der Waals surface area contributed by atoms with E-state index in [-0.39, 0.29) is 24.7 Å². The minimum Gasteiger partial charge on any atom is -0.466 e. The Morgan fingerprint density at radius 2 is 1.67 bits per heavy atom. The third-order valence-corrected chi connectivity index (χ3v) is 2.63. The summed E-state index contributed by atoms with van der Waals surface area (Å²) in [6, 6.07) is 0. The first-order valence-corrected chi connectivity index (χ1v) is 7.13. The SMILES string of the molecule is CCCCCCCNC(=O)CCC(=O)OCCC. The lowest BCUT2D eigenvalue weighted by Gasteiger charge is -2.05. The second-order valence-electron chi connectivity index (χ2n) is 4.48. The number of rotatable bonds is 11. The summed E-state index contributed by atoms with van der Waals surface area (Å²) in [5, 5.41) is 2.82. The molecule has 0 aromatic carbocycles. The van der Waals surface area contributed by atoms with E-state index in [1.54, 1.807) is 0 Å². The molecule has 0 aromatic rings. The van der Waals surface area contributed by atoms with Crippen molar-refractivity contribution >= 4 is 11.9 Å². The van der Waals surface area contributed by atoms with Crippen LogP contribution in [0.5, 0.6) is 0 Å². The Hall–Kier alpha value is -1.06. The lowest BCUT2D eigenvalue weighted by Crippen LogP contribution is -2.25. The first-order chi connectivity index (χ1) is 8.70. The fourth-order valence-corrected chi connectivity index (χ4v) is 1.55. The zero-order valence-electron chi connectivity index (χ0n) is 11.8. The van der Waals surface area contributed by atoms with Crippen molar-refractivity contribution in [2.75, 3.05) is 13.2 Å². The second-order valence-corrected chi connectivity index (χ2v) is 4.48. The van der Waals surface area contributed by atoms with Gasteiger partial charge in [0.1, 0.15) is 0 Å². The lowest BCUT2D eigenvalue weighted by molar-refractivity contribution is -0.145. The van der Waals surface area contributed by atoms with Crippen LogP contribution in [0.25, 0.3) is 0 Å². The van der Waals surface area contributed by atoms with E-state index in [2.05, 4.69) is 12.2 Å². The fourth-order valence-electron chi connectivity index (χ4n) is 1.55. The van der Waals surface area contributed by atoms with Crippen LogP contribution in [0.1, 0.15) is 65.2 Å². The number of carbonyl (C=O) groups is 2. The molecule has 0 fully saturated rings. The molecule has 1 amide bonds. The Kier molecular flexibility index (Phi) is 11.7. The number of ether oxygens (including phenoxy) is 1. The van der Waals surface area contributed by atoms with Crippen molar-refractivity contribution in [1.29, 1.82) is 0 Å². The maximum atomic E-state index is 11.4.